The van der Waals surface area contributed by atoms with Gasteiger partial charge in [-0.2, -0.15) is 5.26 Å². The number of rotatable bonds is 5. The summed E-state index contributed by atoms with van der Waals surface area (Å²) in [6, 6.07) is 9.02. The third kappa shape index (κ3) is 4.49. The summed E-state index contributed by atoms with van der Waals surface area (Å²) in [7, 11) is 0. The first-order valence-electron chi connectivity index (χ1n) is 12.6. The number of hydrogen-bond donors (Lipinski definition) is 1. The lowest BCUT2D eigenvalue weighted by Gasteiger charge is -2.43. The monoisotopic (exact) mass is 522 g/mol. The van der Waals surface area contributed by atoms with E-state index in [0.717, 1.165) is 35.3 Å². The molecule has 2 saturated heterocycles. The molecule has 2 amide bonds. The van der Waals surface area contributed by atoms with Crippen LogP contribution in [0.2, 0.25) is 0 Å². The van der Waals surface area contributed by atoms with E-state index in [1.54, 1.807) is 17.9 Å². The number of aromatic nitrogens is 2. The first-order valence-corrected chi connectivity index (χ1v) is 12.6. The molecule has 0 saturated carbocycles. The first kappa shape index (κ1) is 25.7. The third-order valence-corrected chi connectivity index (χ3v) is 7.41. The lowest BCUT2D eigenvalue weighted by Crippen LogP contribution is -2.60. The number of carbonyl (C=O) groups is 2. The molecule has 9 nitrogen and oxygen atoms in total. The van der Waals surface area contributed by atoms with E-state index in [1.807, 2.05) is 25.1 Å². The van der Waals surface area contributed by atoms with E-state index in [0.29, 0.717) is 35.4 Å². The summed E-state index contributed by atoms with van der Waals surface area (Å²) < 4.78 is 34.4. The van der Waals surface area contributed by atoms with Gasteiger partial charge in [0.25, 0.3) is 11.8 Å². The predicted octanol–water partition coefficient (Wildman–Crippen LogP) is 3.81. The normalized spacial score (nSPS) is 21.4. The van der Waals surface area contributed by atoms with Crippen molar-refractivity contribution in [2.24, 2.45) is 0 Å². The molecule has 2 fully saturated rings. The van der Waals surface area contributed by atoms with Crippen molar-refractivity contribution in [3.63, 3.8) is 0 Å². The molecule has 198 valence electrons. The van der Waals surface area contributed by atoms with Crippen LogP contribution in [0.25, 0.3) is 22.0 Å². The van der Waals surface area contributed by atoms with Crippen LogP contribution in [0, 0.1) is 25.2 Å². The van der Waals surface area contributed by atoms with Gasteiger partial charge in [-0.3, -0.25) is 19.5 Å². The molecule has 3 aromatic rings. The van der Waals surface area contributed by atoms with Crippen LogP contribution >= 0.6 is 0 Å². The standard InChI is InChI=1S/C27H28F2N6O3/c1-17-24(18(2)38-33-17)19-6-7-22-21(12-19)20(8-9-31-22)25(37)32-13-23(36)35-16-26(28,29)14-27(35,15-30)34-10-4-3-5-11-34/h6-9,12H,3-5,10-11,13-14,16H2,1-2H3,(H,32,37)/t27-/m0/s1. The quantitative estimate of drug-likeness (QED) is 0.542. The van der Waals surface area contributed by atoms with Gasteiger partial charge in [0.05, 0.1) is 36.3 Å². The van der Waals surface area contributed by atoms with E-state index in [2.05, 4.69) is 15.5 Å². The number of halogens is 2. The summed E-state index contributed by atoms with van der Waals surface area (Å²) in [5, 5.41) is 17.1. The lowest BCUT2D eigenvalue weighted by molar-refractivity contribution is -0.139. The van der Waals surface area contributed by atoms with Crippen molar-refractivity contribution < 1.29 is 22.9 Å². The molecule has 4 heterocycles. The average molecular weight is 523 g/mol. The van der Waals surface area contributed by atoms with Crippen LogP contribution in [-0.2, 0) is 4.79 Å². The van der Waals surface area contributed by atoms with E-state index >= 15 is 0 Å². The largest absolute Gasteiger partial charge is 0.361 e. The van der Waals surface area contributed by atoms with Crippen molar-refractivity contribution in [1.29, 1.82) is 5.26 Å². The number of carbonyl (C=O) groups excluding carboxylic acids is 2. The molecule has 2 aliphatic rings. The Kier molecular flexibility index (Phi) is 6.61. The molecule has 0 radical (unpaired) electrons. The number of likely N-dealkylation sites (tertiary alicyclic amines) is 2. The molecule has 2 aromatic heterocycles. The second-order valence-corrected chi connectivity index (χ2v) is 9.96. The minimum Gasteiger partial charge on any atom is -0.361 e. The van der Waals surface area contributed by atoms with Crippen LogP contribution < -0.4 is 5.32 Å². The number of nitrogens with zero attached hydrogens (tertiary/aromatic N) is 5. The van der Waals surface area contributed by atoms with Crippen LogP contribution in [0.5, 0.6) is 0 Å². The number of nitrogens with one attached hydrogen (secondary N) is 1. The number of nitriles is 1. The Morgan fingerprint density at radius 2 is 1.95 bits per heavy atom. The van der Waals surface area contributed by atoms with E-state index in [4.69, 9.17) is 4.52 Å². The van der Waals surface area contributed by atoms with Gasteiger partial charge < -0.3 is 14.7 Å². The van der Waals surface area contributed by atoms with Gasteiger partial charge in [0.1, 0.15) is 11.8 Å². The molecule has 1 atom stereocenters. The highest BCUT2D eigenvalue weighted by Crippen LogP contribution is 2.42. The number of benzene rings is 1. The maximum atomic E-state index is 14.6. The molecule has 1 aromatic carbocycles. The van der Waals surface area contributed by atoms with Crippen LogP contribution in [-0.4, -0.2) is 69.5 Å². The third-order valence-electron chi connectivity index (χ3n) is 7.41. The van der Waals surface area contributed by atoms with Gasteiger partial charge in [-0.25, -0.2) is 8.78 Å². The van der Waals surface area contributed by atoms with Crippen LogP contribution in [0.1, 0.15) is 47.5 Å². The molecule has 1 N–H and O–H groups in total. The molecular weight excluding hydrogens is 494 g/mol. The molecule has 2 aliphatic heterocycles. The first-order chi connectivity index (χ1) is 18.1. The minimum absolute atomic E-state index is 0.283. The number of fused-ring (bicyclic) bond motifs is 1. The summed E-state index contributed by atoms with van der Waals surface area (Å²) in [4.78, 5) is 33.4. The smallest absolute Gasteiger partial charge is 0.270 e. The molecule has 38 heavy (non-hydrogen) atoms. The maximum absolute atomic E-state index is 14.6. The molecule has 11 heteroatoms. The van der Waals surface area contributed by atoms with E-state index in [9.17, 15) is 23.6 Å². The number of piperidine rings is 1. The van der Waals surface area contributed by atoms with Crippen molar-refractivity contribution in [2.75, 3.05) is 26.2 Å². The fourth-order valence-corrected chi connectivity index (χ4v) is 5.63. The van der Waals surface area contributed by atoms with Gasteiger partial charge >= 0.3 is 0 Å². The summed E-state index contributed by atoms with van der Waals surface area (Å²) in [5.74, 6) is -3.83. The predicted molar refractivity (Wildman–Crippen MR) is 134 cm³/mol. The number of amides is 2. The zero-order chi connectivity index (χ0) is 27.1. The molecule has 0 bridgehead atoms. The highest BCUT2D eigenvalue weighted by molar-refractivity contribution is 6.07. The summed E-state index contributed by atoms with van der Waals surface area (Å²) >= 11 is 0. The molecule has 5 rings (SSSR count). The van der Waals surface area contributed by atoms with Crippen molar-refractivity contribution >= 4 is 22.7 Å². The Bertz CT molecular complexity index is 1420. The molecular formula is C27H28F2N6O3. The summed E-state index contributed by atoms with van der Waals surface area (Å²) in [5.41, 5.74) is 1.46. The minimum atomic E-state index is -3.19. The highest BCUT2D eigenvalue weighted by Gasteiger charge is 2.60. The molecule has 0 spiro atoms. The average Bonchev–Trinajstić information content (AvgIpc) is 3.41. The zero-order valence-electron chi connectivity index (χ0n) is 21.3. The lowest BCUT2D eigenvalue weighted by atomic mass is 9.99. The Labute approximate surface area is 218 Å². The highest BCUT2D eigenvalue weighted by atomic mass is 19.3. The topological polar surface area (TPSA) is 115 Å². The summed E-state index contributed by atoms with van der Waals surface area (Å²) in [6.07, 6.45) is 3.26. The SMILES string of the molecule is Cc1noc(C)c1-c1ccc2nccc(C(=O)NCC(=O)N3CC(F)(F)C[C@]3(C#N)N3CCCCC3)c2c1. The van der Waals surface area contributed by atoms with Crippen LogP contribution in [0.4, 0.5) is 8.78 Å². The van der Waals surface area contributed by atoms with Crippen molar-refractivity contribution in [1.82, 2.24) is 25.3 Å². The van der Waals surface area contributed by atoms with E-state index in [1.165, 1.54) is 12.3 Å². The Morgan fingerprint density at radius 3 is 2.63 bits per heavy atom. The maximum Gasteiger partial charge on any atom is 0.270 e. The van der Waals surface area contributed by atoms with Gasteiger partial charge in [-0.15, -0.1) is 0 Å². The Balaban J connectivity index is 1.38. The fourth-order valence-electron chi connectivity index (χ4n) is 5.63. The number of alkyl halides is 2. The molecule has 0 unspecified atom stereocenters. The van der Waals surface area contributed by atoms with Gasteiger partial charge in [0.2, 0.25) is 5.91 Å². The van der Waals surface area contributed by atoms with Gasteiger partial charge in [-0.1, -0.05) is 17.6 Å². The van der Waals surface area contributed by atoms with Gasteiger partial charge in [-0.05, 0) is 50.5 Å². The van der Waals surface area contributed by atoms with Crippen LogP contribution in [0.3, 0.4) is 0 Å². The van der Waals surface area contributed by atoms with E-state index < -0.39 is 42.9 Å². The van der Waals surface area contributed by atoms with Crippen molar-refractivity contribution in [2.45, 2.75) is 51.1 Å². The molecule has 0 aliphatic carbocycles. The van der Waals surface area contributed by atoms with Crippen LogP contribution in [0.15, 0.2) is 35.0 Å². The Hall–Kier alpha value is -3.91. The second-order valence-electron chi connectivity index (χ2n) is 9.96. The van der Waals surface area contributed by atoms with E-state index in [-0.39, 0.29) is 5.56 Å². The number of hydrogen-bond acceptors (Lipinski definition) is 7. The Morgan fingerprint density at radius 1 is 1.18 bits per heavy atom. The zero-order valence-corrected chi connectivity index (χ0v) is 21.3. The van der Waals surface area contributed by atoms with Crippen molar-refractivity contribution in [3.05, 3.63) is 47.5 Å². The van der Waals surface area contributed by atoms with Crippen molar-refractivity contribution in [3.8, 4) is 17.2 Å². The fraction of sp³-hybridized carbons (Fsp3) is 0.444. The van der Waals surface area contributed by atoms with Gasteiger partial charge in [0, 0.05) is 30.2 Å². The second kappa shape index (κ2) is 9.76. The summed E-state index contributed by atoms with van der Waals surface area (Å²) in [6.45, 7) is 3.19. The number of aryl methyl sites for hydroxylation is 2. The van der Waals surface area contributed by atoms with Gasteiger partial charge in [0.15, 0.2) is 5.66 Å². The number of pyridine rings is 1.